The number of benzene rings is 2. The van der Waals surface area contributed by atoms with Crippen LogP contribution in [-0.4, -0.2) is 29.2 Å². The fourth-order valence-corrected chi connectivity index (χ4v) is 3.95. The molecule has 2 heterocycles. The maximum Gasteiger partial charge on any atom is 0.229 e. The van der Waals surface area contributed by atoms with Crippen LogP contribution in [0.4, 0.5) is 11.5 Å². The number of nitrogens with zero attached hydrogens (tertiary/aromatic N) is 3. The largest absolute Gasteiger partial charge is 0.354 e. The number of hydrogen-bond donors (Lipinski definition) is 1. The van der Waals surface area contributed by atoms with Crippen LogP contribution in [-0.2, 0) is 4.79 Å². The van der Waals surface area contributed by atoms with E-state index in [0.717, 1.165) is 53.3 Å². The van der Waals surface area contributed by atoms with Gasteiger partial charge in [-0.05, 0) is 62.1 Å². The second kappa shape index (κ2) is 8.43. The van der Waals surface area contributed by atoms with Crippen LogP contribution in [0, 0.1) is 19.8 Å². The van der Waals surface area contributed by atoms with Gasteiger partial charge in [0.05, 0.1) is 11.6 Å². The van der Waals surface area contributed by atoms with E-state index in [-0.39, 0.29) is 11.8 Å². The topological polar surface area (TPSA) is 58.1 Å². The summed E-state index contributed by atoms with van der Waals surface area (Å²) in [5.41, 5.74) is 5.08. The zero-order chi connectivity index (χ0) is 20.2. The van der Waals surface area contributed by atoms with E-state index in [2.05, 4.69) is 26.5 Å². The first-order valence-electron chi connectivity index (χ1n) is 10.1. The van der Waals surface area contributed by atoms with Crippen molar-refractivity contribution in [2.45, 2.75) is 26.7 Å². The fraction of sp³-hybridized carbons (Fsp3) is 0.292. The van der Waals surface area contributed by atoms with Gasteiger partial charge in [-0.2, -0.15) is 0 Å². The number of carbonyl (C=O) groups is 1. The van der Waals surface area contributed by atoms with E-state index in [1.54, 1.807) is 0 Å². The van der Waals surface area contributed by atoms with Crippen LogP contribution in [0.3, 0.4) is 0 Å². The highest BCUT2D eigenvalue weighted by molar-refractivity contribution is 5.93. The Kier molecular flexibility index (Phi) is 5.56. The number of carbonyl (C=O) groups excluding carboxylic acids is 1. The van der Waals surface area contributed by atoms with Gasteiger partial charge in [-0.1, -0.05) is 36.4 Å². The standard InChI is InChI=1S/C24H26N4O/c1-17-13-18(2)15-21(14-17)25-24(29)20-9-6-12-28(16-20)23-11-10-22(26-27-23)19-7-4-3-5-8-19/h3-5,7-8,10-11,13-15,20H,6,9,12,16H2,1-2H3,(H,25,29)/t20-/m0/s1. The zero-order valence-corrected chi connectivity index (χ0v) is 16.9. The first kappa shape index (κ1) is 19.1. The van der Waals surface area contributed by atoms with Crippen molar-refractivity contribution in [2.24, 2.45) is 5.92 Å². The summed E-state index contributed by atoms with van der Waals surface area (Å²) in [6.07, 6.45) is 1.86. The Morgan fingerprint density at radius 1 is 1.00 bits per heavy atom. The molecule has 5 heteroatoms. The van der Waals surface area contributed by atoms with Gasteiger partial charge in [-0.25, -0.2) is 0 Å². The highest BCUT2D eigenvalue weighted by Gasteiger charge is 2.27. The third-order valence-electron chi connectivity index (χ3n) is 5.33. The summed E-state index contributed by atoms with van der Waals surface area (Å²) in [5, 5.41) is 11.9. The van der Waals surface area contributed by atoms with Crippen LogP contribution >= 0.6 is 0 Å². The molecule has 3 aromatic rings. The number of aromatic nitrogens is 2. The predicted molar refractivity (Wildman–Crippen MR) is 117 cm³/mol. The minimum Gasteiger partial charge on any atom is -0.354 e. The zero-order valence-electron chi connectivity index (χ0n) is 16.9. The van der Waals surface area contributed by atoms with Crippen LogP contribution in [0.25, 0.3) is 11.3 Å². The second-order valence-electron chi connectivity index (χ2n) is 7.79. The molecule has 1 fully saturated rings. The molecule has 0 aliphatic carbocycles. The second-order valence-corrected chi connectivity index (χ2v) is 7.79. The van der Waals surface area contributed by atoms with Gasteiger partial charge in [0.25, 0.3) is 0 Å². The lowest BCUT2D eigenvalue weighted by molar-refractivity contribution is -0.120. The molecule has 1 aliphatic rings. The molecule has 0 bridgehead atoms. The molecule has 29 heavy (non-hydrogen) atoms. The number of rotatable bonds is 4. The predicted octanol–water partition coefficient (Wildman–Crippen LogP) is 4.62. The van der Waals surface area contributed by atoms with Gasteiger partial charge in [0.15, 0.2) is 5.82 Å². The Hall–Kier alpha value is -3.21. The molecule has 0 radical (unpaired) electrons. The number of nitrogens with one attached hydrogen (secondary N) is 1. The molecule has 1 saturated heterocycles. The summed E-state index contributed by atoms with van der Waals surface area (Å²) in [7, 11) is 0. The van der Waals surface area contributed by atoms with Crippen molar-refractivity contribution in [1.82, 2.24) is 10.2 Å². The number of anilines is 2. The number of hydrogen-bond acceptors (Lipinski definition) is 4. The average molecular weight is 386 g/mol. The van der Waals surface area contributed by atoms with Crippen LogP contribution in [0.5, 0.6) is 0 Å². The molecule has 4 rings (SSSR count). The summed E-state index contributed by atoms with van der Waals surface area (Å²) < 4.78 is 0. The van der Waals surface area contributed by atoms with Gasteiger partial charge in [0, 0.05) is 24.3 Å². The van der Waals surface area contributed by atoms with Gasteiger partial charge >= 0.3 is 0 Å². The molecule has 5 nitrogen and oxygen atoms in total. The van der Waals surface area contributed by atoms with Gasteiger partial charge in [0.1, 0.15) is 0 Å². The van der Waals surface area contributed by atoms with Crippen LogP contribution in [0.1, 0.15) is 24.0 Å². The normalized spacial score (nSPS) is 16.5. The molecule has 1 aromatic heterocycles. The van der Waals surface area contributed by atoms with Gasteiger partial charge < -0.3 is 10.2 Å². The molecular formula is C24H26N4O. The lowest BCUT2D eigenvalue weighted by Crippen LogP contribution is -2.41. The maximum absolute atomic E-state index is 12.8. The lowest BCUT2D eigenvalue weighted by Gasteiger charge is -2.32. The van der Waals surface area contributed by atoms with Crippen molar-refractivity contribution in [3.05, 3.63) is 71.8 Å². The third kappa shape index (κ3) is 4.62. The molecule has 1 N–H and O–H groups in total. The Balaban J connectivity index is 1.43. The van der Waals surface area contributed by atoms with Crippen molar-refractivity contribution in [2.75, 3.05) is 23.3 Å². The van der Waals surface area contributed by atoms with E-state index < -0.39 is 0 Å². The summed E-state index contributed by atoms with van der Waals surface area (Å²) in [6, 6.07) is 20.2. The first-order chi connectivity index (χ1) is 14.1. The first-order valence-corrected chi connectivity index (χ1v) is 10.1. The molecule has 1 amide bonds. The SMILES string of the molecule is Cc1cc(C)cc(NC(=O)[C@H]2CCCN(c3ccc(-c4ccccc4)nn3)C2)c1. The molecule has 0 saturated carbocycles. The van der Waals surface area contributed by atoms with Crippen LogP contribution < -0.4 is 10.2 Å². The number of aryl methyl sites for hydroxylation is 2. The van der Waals surface area contributed by atoms with Crippen molar-refractivity contribution < 1.29 is 4.79 Å². The molecule has 2 aromatic carbocycles. The van der Waals surface area contributed by atoms with E-state index in [1.165, 1.54) is 0 Å². The van der Waals surface area contributed by atoms with Crippen molar-refractivity contribution in [3.8, 4) is 11.3 Å². The monoisotopic (exact) mass is 386 g/mol. The van der Waals surface area contributed by atoms with Gasteiger partial charge in [-0.3, -0.25) is 4.79 Å². The van der Waals surface area contributed by atoms with Crippen molar-refractivity contribution in [3.63, 3.8) is 0 Å². The summed E-state index contributed by atoms with van der Waals surface area (Å²) in [6.45, 7) is 5.65. The minimum atomic E-state index is -0.0554. The van der Waals surface area contributed by atoms with Crippen molar-refractivity contribution in [1.29, 1.82) is 0 Å². The average Bonchev–Trinajstić information content (AvgIpc) is 2.74. The number of piperidine rings is 1. The maximum atomic E-state index is 12.8. The molecule has 0 spiro atoms. The van der Waals surface area contributed by atoms with Crippen LogP contribution in [0.2, 0.25) is 0 Å². The molecule has 0 unspecified atom stereocenters. The Labute approximate surface area is 171 Å². The van der Waals surface area contributed by atoms with E-state index >= 15 is 0 Å². The molecule has 148 valence electrons. The van der Waals surface area contributed by atoms with Gasteiger partial charge in [0.2, 0.25) is 5.91 Å². The third-order valence-corrected chi connectivity index (χ3v) is 5.33. The fourth-order valence-electron chi connectivity index (χ4n) is 3.95. The molecule has 1 aliphatic heterocycles. The van der Waals surface area contributed by atoms with Crippen LogP contribution in [0.15, 0.2) is 60.7 Å². The van der Waals surface area contributed by atoms with Crippen molar-refractivity contribution >= 4 is 17.4 Å². The lowest BCUT2D eigenvalue weighted by atomic mass is 9.97. The minimum absolute atomic E-state index is 0.0554. The molecular weight excluding hydrogens is 360 g/mol. The Morgan fingerprint density at radius 2 is 1.76 bits per heavy atom. The summed E-state index contributed by atoms with van der Waals surface area (Å²) in [4.78, 5) is 15.0. The quantitative estimate of drug-likeness (QED) is 0.711. The van der Waals surface area contributed by atoms with E-state index in [0.29, 0.717) is 6.54 Å². The highest BCUT2D eigenvalue weighted by Crippen LogP contribution is 2.24. The van der Waals surface area contributed by atoms with Gasteiger partial charge in [-0.15, -0.1) is 10.2 Å². The van der Waals surface area contributed by atoms with E-state index in [4.69, 9.17) is 0 Å². The van der Waals surface area contributed by atoms with E-state index in [1.807, 2.05) is 68.4 Å². The summed E-state index contributed by atoms with van der Waals surface area (Å²) in [5.74, 6) is 0.849. The highest BCUT2D eigenvalue weighted by atomic mass is 16.1. The molecule has 1 atom stereocenters. The smallest absolute Gasteiger partial charge is 0.229 e. The van der Waals surface area contributed by atoms with E-state index in [9.17, 15) is 4.79 Å². The number of amides is 1. The Morgan fingerprint density at radius 3 is 2.45 bits per heavy atom. The Bertz CT molecular complexity index is 965. The summed E-state index contributed by atoms with van der Waals surface area (Å²) >= 11 is 0.